The minimum Gasteiger partial charge on any atom is -0.298 e. The lowest BCUT2D eigenvalue weighted by Gasteiger charge is -2.14. The Labute approximate surface area is 98.8 Å². The van der Waals surface area contributed by atoms with E-state index >= 15 is 0 Å². The number of nitrogens with zero attached hydrogens (tertiary/aromatic N) is 1. The Morgan fingerprint density at radius 2 is 2.27 bits per heavy atom. The molecule has 1 aromatic rings. The first-order valence-corrected chi connectivity index (χ1v) is 5.77. The van der Waals surface area contributed by atoms with E-state index in [-0.39, 0.29) is 16.2 Å². The SMILES string of the molecule is Fc1ccc(CN2CCC(Cl)C2)cc1Cl. The van der Waals surface area contributed by atoms with Gasteiger partial charge in [-0.25, -0.2) is 4.39 Å². The van der Waals surface area contributed by atoms with Gasteiger partial charge in [0.15, 0.2) is 0 Å². The maximum atomic E-state index is 12.9. The summed E-state index contributed by atoms with van der Waals surface area (Å²) < 4.78 is 12.9. The predicted octanol–water partition coefficient (Wildman–Crippen LogP) is 3.29. The molecule has 1 aliphatic rings. The molecule has 15 heavy (non-hydrogen) atoms. The molecule has 1 aromatic carbocycles. The van der Waals surface area contributed by atoms with Crippen molar-refractivity contribution in [2.24, 2.45) is 0 Å². The van der Waals surface area contributed by atoms with Crippen molar-refractivity contribution >= 4 is 23.2 Å². The summed E-state index contributed by atoms with van der Waals surface area (Å²) in [5, 5.41) is 0.440. The third-order valence-electron chi connectivity index (χ3n) is 2.61. The van der Waals surface area contributed by atoms with Gasteiger partial charge in [0.1, 0.15) is 5.82 Å². The quantitative estimate of drug-likeness (QED) is 0.726. The second-order valence-electron chi connectivity index (χ2n) is 3.87. The maximum Gasteiger partial charge on any atom is 0.141 e. The first-order chi connectivity index (χ1) is 7.15. The minimum absolute atomic E-state index is 0.189. The lowest BCUT2D eigenvalue weighted by Crippen LogP contribution is -2.20. The third-order valence-corrected chi connectivity index (χ3v) is 3.25. The van der Waals surface area contributed by atoms with Gasteiger partial charge >= 0.3 is 0 Å². The van der Waals surface area contributed by atoms with Gasteiger partial charge in [0.05, 0.1) is 5.02 Å². The largest absolute Gasteiger partial charge is 0.298 e. The van der Waals surface area contributed by atoms with Gasteiger partial charge in [-0.3, -0.25) is 4.90 Å². The van der Waals surface area contributed by atoms with Gasteiger partial charge in [0.2, 0.25) is 0 Å². The third kappa shape index (κ3) is 2.83. The average Bonchev–Trinajstić information content (AvgIpc) is 2.58. The van der Waals surface area contributed by atoms with Crippen LogP contribution in [0.1, 0.15) is 12.0 Å². The molecule has 4 heteroatoms. The molecular formula is C11H12Cl2FN. The molecule has 0 bridgehead atoms. The van der Waals surface area contributed by atoms with E-state index in [4.69, 9.17) is 23.2 Å². The summed E-state index contributed by atoms with van der Waals surface area (Å²) >= 11 is 11.7. The summed E-state index contributed by atoms with van der Waals surface area (Å²) in [5.74, 6) is -0.364. The maximum absolute atomic E-state index is 12.9. The van der Waals surface area contributed by atoms with Crippen molar-refractivity contribution in [2.75, 3.05) is 13.1 Å². The van der Waals surface area contributed by atoms with E-state index in [9.17, 15) is 4.39 Å². The number of hydrogen-bond acceptors (Lipinski definition) is 1. The molecule has 1 saturated heterocycles. The highest BCUT2D eigenvalue weighted by atomic mass is 35.5. The highest BCUT2D eigenvalue weighted by molar-refractivity contribution is 6.30. The Morgan fingerprint density at radius 1 is 1.47 bits per heavy atom. The normalized spacial score (nSPS) is 22.2. The van der Waals surface area contributed by atoms with Gasteiger partial charge in [0.25, 0.3) is 0 Å². The molecular weight excluding hydrogens is 236 g/mol. The fourth-order valence-corrected chi connectivity index (χ4v) is 2.32. The van der Waals surface area contributed by atoms with E-state index in [1.165, 1.54) is 6.07 Å². The van der Waals surface area contributed by atoms with E-state index in [0.29, 0.717) is 0 Å². The Bertz CT molecular complexity index is 356. The summed E-state index contributed by atoms with van der Waals surface area (Å²) in [6, 6.07) is 4.85. The molecule has 1 fully saturated rings. The molecule has 0 saturated carbocycles. The van der Waals surface area contributed by atoms with Crippen LogP contribution in [-0.2, 0) is 6.54 Å². The summed E-state index contributed by atoms with van der Waals surface area (Å²) in [5.41, 5.74) is 1.03. The van der Waals surface area contributed by atoms with Crippen molar-refractivity contribution in [1.82, 2.24) is 4.90 Å². The van der Waals surface area contributed by atoms with Crippen LogP contribution < -0.4 is 0 Å². The lowest BCUT2D eigenvalue weighted by atomic mass is 10.2. The summed E-state index contributed by atoms with van der Waals surface area (Å²) in [6.45, 7) is 2.70. The molecule has 1 aliphatic heterocycles. The van der Waals surface area contributed by atoms with E-state index in [2.05, 4.69) is 4.90 Å². The zero-order chi connectivity index (χ0) is 10.8. The number of benzene rings is 1. The second-order valence-corrected chi connectivity index (χ2v) is 4.89. The van der Waals surface area contributed by atoms with E-state index in [1.807, 2.05) is 0 Å². The summed E-state index contributed by atoms with van der Waals surface area (Å²) in [4.78, 5) is 2.25. The molecule has 1 nitrogen and oxygen atoms in total. The van der Waals surface area contributed by atoms with Gasteiger partial charge in [-0.2, -0.15) is 0 Å². The van der Waals surface area contributed by atoms with Crippen LogP contribution in [0.15, 0.2) is 18.2 Å². The van der Waals surface area contributed by atoms with Crippen LogP contribution in [0.2, 0.25) is 5.02 Å². The molecule has 1 atom stereocenters. The molecule has 0 aromatic heterocycles. The van der Waals surface area contributed by atoms with Crippen molar-refractivity contribution in [3.8, 4) is 0 Å². The Balaban J connectivity index is 2.02. The zero-order valence-electron chi connectivity index (χ0n) is 8.22. The average molecular weight is 248 g/mol. The van der Waals surface area contributed by atoms with Crippen LogP contribution in [0.25, 0.3) is 0 Å². The smallest absolute Gasteiger partial charge is 0.141 e. The fourth-order valence-electron chi connectivity index (χ4n) is 1.83. The first-order valence-electron chi connectivity index (χ1n) is 4.95. The van der Waals surface area contributed by atoms with Gasteiger partial charge in [-0.05, 0) is 30.7 Å². The molecule has 0 radical (unpaired) electrons. The topological polar surface area (TPSA) is 3.24 Å². The monoisotopic (exact) mass is 247 g/mol. The predicted molar refractivity (Wildman–Crippen MR) is 60.9 cm³/mol. The van der Waals surface area contributed by atoms with Crippen LogP contribution in [0.5, 0.6) is 0 Å². The summed E-state index contributed by atoms with van der Waals surface area (Å²) in [6.07, 6.45) is 1.02. The van der Waals surface area contributed by atoms with E-state index < -0.39 is 0 Å². The Hall–Kier alpha value is -0.310. The Morgan fingerprint density at radius 3 is 2.87 bits per heavy atom. The number of rotatable bonds is 2. The van der Waals surface area contributed by atoms with E-state index in [1.54, 1.807) is 12.1 Å². The molecule has 1 heterocycles. The number of likely N-dealkylation sites (tertiary alicyclic amines) is 1. The number of halogens is 3. The van der Waals surface area contributed by atoms with Gasteiger partial charge < -0.3 is 0 Å². The molecule has 0 N–H and O–H groups in total. The zero-order valence-corrected chi connectivity index (χ0v) is 9.73. The lowest BCUT2D eigenvalue weighted by molar-refractivity contribution is 0.332. The minimum atomic E-state index is -0.364. The van der Waals surface area contributed by atoms with Crippen molar-refractivity contribution in [3.05, 3.63) is 34.6 Å². The summed E-state index contributed by atoms with van der Waals surface area (Å²) in [7, 11) is 0. The molecule has 0 amide bonds. The number of alkyl halides is 1. The Kier molecular flexibility index (Phi) is 3.49. The van der Waals surface area contributed by atoms with Crippen LogP contribution >= 0.6 is 23.2 Å². The molecule has 2 rings (SSSR count). The number of hydrogen-bond donors (Lipinski definition) is 0. The molecule has 0 spiro atoms. The first kappa shape index (κ1) is 11.2. The van der Waals surface area contributed by atoms with Crippen LogP contribution in [-0.4, -0.2) is 23.4 Å². The van der Waals surface area contributed by atoms with E-state index in [0.717, 1.165) is 31.6 Å². The van der Waals surface area contributed by atoms with Crippen molar-refractivity contribution in [3.63, 3.8) is 0 Å². The van der Waals surface area contributed by atoms with Crippen LogP contribution in [0.4, 0.5) is 4.39 Å². The standard InChI is InChI=1S/C11H12Cl2FN/c12-9-3-4-15(7-9)6-8-1-2-11(14)10(13)5-8/h1-2,5,9H,3-4,6-7H2. The molecule has 0 aliphatic carbocycles. The van der Waals surface area contributed by atoms with Crippen LogP contribution in [0, 0.1) is 5.82 Å². The van der Waals surface area contributed by atoms with Crippen molar-refractivity contribution in [2.45, 2.75) is 18.3 Å². The van der Waals surface area contributed by atoms with Crippen molar-refractivity contribution in [1.29, 1.82) is 0 Å². The van der Waals surface area contributed by atoms with Crippen molar-refractivity contribution < 1.29 is 4.39 Å². The molecule has 82 valence electrons. The highest BCUT2D eigenvalue weighted by Crippen LogP contribution is 2.20. The van der Waals surface area contributed by atoms with Gasteiger partial charge in [-0.15, -0.1) is 11.6 Å². The highest BCUT2D eigenvalue weighted by Gasteiger charge is 2.20. The van der Waals surface area contributed by atoms with Gasteiger partial charge in [-0.1, -0.05) is 17.7 Å². The second kappa shape index (κ2) is 4.69. The molecule has 1 unspecified atom stereocenters. The van der Waals surface area contributed by atoms with Gasteiger partial charge in [0, 0.05) is 18.5 Å². The van der Waals surface area contributed by atoms with Crippen LogP contribution in [0.3, 0.4) is 0 Å². The fraction of sp³-hybridized carbons (Fsp3) is 0.455.